The summed E-state index contributed by atoms with van der Waals surface area (Å²) in [6.45, 7) is 12.9. The van der Waals surface area contributed by atoms with Gasteiger partial charge < -0.3 is 15.3 Å². The number of hydrogen-bond donors (Lipinski definition) is 2. The van der Waals surface area contributed by atoms with Crippen LogP contribution in [0.3, 0.4) is 0 Å². The number of carboxylic acid groups (broad SMARTS) is 1. The number of quaternary nitrogens is 1. The molecule has 1 aliphatic rings. The standard InChI is InChI=1S/C25H50N2O2/c1-5-9-18-27(19-10-6-2,20-11-7-3)22(15-8-4)23(24(28)29)25(21-26)16-13-12-14-17-25/h22-23H,5-21,26H2,1-4H3/p+1. The lowest BCUT2D eigenvalue weighted by molar-refractivity contribution is -0.956. The average Bonchev–Trinajstić information content (AvgIpc) is 2.73. The number of aliphatic carboxylic acids is 1. The van der Waals surface area contributed by atoms with Crippen molar-refractivity contribution >= 4 is 5.97 Å². The average molecular weight is 412 g/mol. The van der Waals surface area contributed by atoms with Crippen LogP contribution < -0.4 is 5.73 Å². The molecule has 0 aliphatic heterocycles. The third-order valence-electron chi connectivity index (χ3n) is 7.73. The van der Waals surface area contributed by atoms with E-state index in [9.17, 15) is 9.90 Å². The SMILES string of the molecule is CCCC[N+](CCCC)(CCCC)C(CCC)C(C(=O)O)C1(CN)CCCCC1. The van der Waals surface area contributed by atoms with E-state index < -0.39 is 5.97 Å². The van der Waals surface area contributed by atoms with E-state index in [0.717, 1.165) is 62.6 Å². The molecule has 1 saturated carbocycles. The Morgan fingerprint density at radius 3 is 1.72 bits per heavy atom. The van der Waals surface area contributed by atoms with E-state index in [0.29, 0.717) is 6.54 Å². The maximum atomic E-state index is 12.9. The van der Waals surface area contributed by atoms with Gasteiger partial charge in [0.05, 0.1) is 19.6 Å². The fourth-order valence-corrected chi connectivity index (χ4v) is 6.04. The molecule has 172 valence electrons. The van der Waals surface area contributed by atoms with E-state index in [1.807, 2.05) is 0 Å². The highest BCUT2D eigenvalue weighted by Crippen LogP contribution is 2.47. The molecule has 4 nitrogen and oxygen atoms in total. The van der Waals surface area contributed by atoms with Crippen molar-refractivity contribution in [1.82, 2.24) is 0 Å². The van der Waals surface area contributed by atoms with E-state index >= 15 is 0 Å². The minimum atomic E-state index is -0.581. The summed E-state index contributed by atoms with van der Waals surface area (Å²) in [6, 6.07) is 0.198. The van der Waals surface area contributed by atoms with Crippen LogP contribution in [0.5, 0.6) is 0 Å². The fraction of sp³-hybridized carbons (Fsp3) is 0.960. The molecule has 2 atom stereocenters. The molecule has 2 unspecified atom stereocenters. The Balaban J connectivity index is 3.46. The highest BCUT2D eigenvalue weighted by molar-refractivity contribution is 5.72. The Bertz CT molecular complexity index is 424. The third kappa shape index (κ3) is 6.95. The summed E-state index contributed by atoms with van der Waals surface area (Å²) in [6.07, 6.45) is 14.7. The number of nitrogens with two attached hydrogens (primary N) is 1. The normalized spacial score (nSPS) is 19.1. The second kappa shape index (κ2) is 13.6. The largest absolute Gasteiger partial charge is 0.481 e. The maximum Gasteiger partial charge on any atom is 0.313 e. The molecule has 3 N–H and O–H groups in total. The monoisotopic (exact) mass is 411 g/mol. The molecule has 0 heterocycles. The smallest absolute Gasteiger partial charge is 0.313 e. The molecule has 1 fully saturated rings. The van der Waals surface area contributed by atoms with Gasteiger partial charge >= 0.3 is 5.97 Å². The summed E-state index contributed by atoms with van der Waals surface area (Å²) >= 11 is 0. The minimum Gasteiger partial charge on any atom is -0.481 e. The molecule has 0 amide bonds. The fourth-order valence-electron chi connectivity index (χ4n) is 6.04. The van der Waals surface area contributed by atoms with Crippen molar-refractivity contribution in [2.24, 2.45) is 17.1 Å². The van der Waals surface area contributed by atoms with Crippen molar-refractivity contribution in [2.45, 2.75) is 117 Å². The van der Waals surface area contributed by atoms with Crippen molar-refractivity contribution in [2.75, 3.05) is 26.2 Å². The van der Waals surface area contributed by atoms with Crippen molar-refractivity contribution < 1.29 is 14.4 Å². The van der Waals surface area contributed by atoms with Gasteiger partial charge in [0.2, 0.25) is 0 Å². The van der Waals surface area contributed by atoms with Gasteiger partial charge in [0.25, 0.3) is 0 Å². The molecule has 1 rings (SSSR count). The van der Waals surface area contributed by atoms with Gasteiger partial charge in [-0.15, -0.1) is 0 Å². The second-order valence-corrected chi connectivity index (χ2v) is 9.75. The van der Waals surface area contributed by atoms with Crippen LogP contribution in [0.4, 0.5) is 0 Å². The van der Waals surface area contributed by atoms with Crippen LogP contribution >= 0.6 is 0 Å². The van der Waals surface area contributed by atoms with Crippen molar-refractivity contribution in [3.05, 3.63) is 0 Å². The molecule has 1 aliphatic carbocycles. The lowest BCUT2D eigenvalue weighted by Gasteiger charge is -2.52. The van der Waals surface area contributed by atoms with Crippen LogP contribution in [-0.4, -0.2) is 47.8 Å². The summed E-state index contributed by atoms with van der Waals surface area (Å²) < 4.78 is 1.02. The molecule has 0 radical (unpaired) electrons. The molecule has 0 saturated heterocycles. The Morgan fingerprint density at radius 1 is 0.897 bits per heavy atom. The van der Waals surface area contributed by atoms with Gasteiger partial charge in [0, 0.05) is 11.8 Å². The number of hydrogen-bond acceptors (Lipinski definition) is 2. The van der Waals surface area contributed by atoms with E-state index in [2.05, 4.69) is 27.7 Å². The zero-order valence-electron chi connectivity index (χ0n) is 20.1. The molecule has 0 bridgehead atoms. The molecule has 0 aromatic heterocycles. The summed E-state index contributed by atoms with van der Waals surface area (Å²) in [4.78, 5) is 12.9. The van der Waals surface area contributed by atoms with Crippen LogP contribution in [0.25, 0.3) is 0 Å². The Morgan fingerprint density at radius 2 is 1.38 bits per heavy atom. The number of carboxylic acids is 1. The first-order valence-corrected chi connectivity index (χ1v) is 12.8. The van der Waals surface area contributed by atoms with Gasteiger partial charge in [-0.05, 0) is 38.6 Å². The predicted octanol–water partition coefficient (Wildman–Crippen LogP) is 5.98. The summed E-state index contributed by atoms with van der Waals surface area (Å²) in [5.41, 5.74) is 6.17. The summed E-state index contributed by atoms with van der Waals surface area (Å²) in [5, 5.41) is 10.6. The number of rotatable bonds is 16. The van der Waals surface area contributed by atoms with Crippen molar-refractivity contribution in [3.8, 4) is 0 Å². The first kappa shape index (κ1) is 26.4. The molecule has 0 aromatic carbocycles. The van der Waals surface area contributed by atoms with Gasteiger partial charge in [-0.2, -0.15) is 0 Å². The summed E-state index contributed by atoms with van der Waals surface area (Å²) in [5.74, 6) is -0.888. The Kier molecular flexibility index (Phi) is 12.4. The van der Waals surface area contributed by atoms with Gasteiger partial charge in [-0.25, -0.2) is 0 Å². The van der Waals surface area contributed by atoms with Gasteiger partial charge in [0.1, 0.15) is 12.0 Å². The predicted molar refractivity (Wildman–Crippen MR) is 124 cm³/mol. The lowest BCUT2D eigenvalue weighted by atomic mass is 9.62. The maximum absolute atomic E-state index is 12.9. The number of carbonyl (C=O) groups is 1. The van der Waals surface area contributed by atoms with Crippen LogP contribution in [-0.2, 0) is 4.79 Å². The van der Waals surface area contributed by atoms with Crippen LogP contribution in [0.1, 0.15) is 111 Å². The highest BCUT2D eigenvalue weighted by atomic mass is 16.4. The van der Waals surface area contributed by atoms with Gasteiger partial charge in [-0.3, -0.25) is 4.79 Å². The number of nitrogens with zero attached hydrogens (tertiary/aromatic N) is 1. The quantitative estimate of drug-likeness (QED) is 0.307. The minimum absolute atomic E-state index is 0.198. The Hall–Kier alpha value is -0.610. The zero-order valence-corrected chi connectivity index (χ0v) is 20.1. The molecular weight excluding hydrogens is 360 g/mol. The zero-order chi connectivity index (χ0) is 21.8. The van der Waals surface area contributed by atoms with E-state index in [-0.39, 0.29) is 17.4 Å². The molecular formula is C25H51N2O2+. The Labute approximate surface area is 181 Å². The first-order valence-electron chi connectivity index (χ1n) is 12.8. The van der Waals surface area contributed by atoms with Gasteiger partial charge in [-0.1, -0.05) is 72.6 Å². The topological polar surface area (TPSA) is 63.3 Å². The van der Waals surface area contributed by atoms with E-state index in [4.69, 9.17) is 5.73 Å². The summed E-state index contributed by atoms with van der Waals surface area (Å²) in [7, 11) is 0. The molecule has 0 aromatic rings. The lowest BCUT2D eigenvalue weighted by Crippen LogP contribution is -2.64. The molecule has 0 spiro atoms. The molecule has 4 heteroatoms. The number of unbranched alkanes of at least 4 members (excludes halogenated alkanes) is 3. The van der Waals surface area contributed by atoms with Crippen LogP contribution in [0.2, 0.25) is 0 Å². The van der Waals surface area contributed by atoms with Crippen molar-refractivity contribution in [1.29, 1.82) is 0 Å². The van der Waals surface area contributed by atoms with E-state index in [1.165, 1.54) is 44.9 Å². The van der Waals surface area contributed by atoms with E-state index in [1.54, 1.807) is 0 Å². The van der Waals surface area contributed by atoms with Crippen LogP contribution in [0, 0.1) is 11.3 Å². The third-order valence-corrected chi connectivity index (χ3v) is 7.73. The molecule has 29 heavy (non-hydrogen) atoms. The highest BCUT2D eigenvalue weighted by Gasteiger charge is 2.53. The van der Waals surface area contributed by atoms with Gasteiger partial charge in [0.15, 0.2) is 0 Å². The van der Waals surface area contributed by atoms with Crippen molar-refractivity contribution in [3.63, 3.8) is 0 Å². The van der Waals surface area contributed by atoms with Crippen LogP contribution in [0.15, 0.2) is 0 Å². The first-order chi connectivity index (χ1) is 14.0. The second-order valence-electron chi connectivity index (χ2n) is 9.75.